The second kappa shape index (κ2) is 7.91. The average molecular weight is 356 g/mol. The van der Waals surface area contributed by atoms with Crippen molar-refractivity contribution in [1.82, 2.24) is 0 Å². The molecule has 0 heterocycles. The zero-order valence-corrected chi connectivity index (χ0v) is 15.7. The van der Waals surface area contributed by atoms with Gasteiger partial charge in [-0.25, -0.2) is 4.79 Å². The molecule has 0 spiro atoms. The van der Waals surface area contributed by atoms with Crippen LogP contribution in [0, 0.1) is 6.92 Å². The maximum absolute atomic E-state index is 12.4. The number of methoxy groups -OCH3 is 1. The first-order chi connectivity index (χ1) is 12.2. The van der Waals surface area contributed by atoms with Crippen LogP contribution in [0.15, 0.2) is 42.5 Å². The molecule has 2 amide bonds. The number of rotatable bonds is 4. The Hall–Kier alpha value is -3.02. The Morgan fingerprint density at radius 1 is 1.00 bits per heavy atom. The number of carbonyl (C=O) groups excluding carboxylic acids is 2. The summed E-state index contributed by atoms with van der Waals surface area (Å²) in [7, 11) is 1.50. The van der Waals surface area contributed by atoms with Crippen LogP contribution in [0.3, 0.4) is 0 Å². The molecule has 0 saturated carbocycles. The van der Waals surface area contributed by atoms with E-state index in [-0.39, 0.29) is 5.91 Å². The summed E-state index contributed by atoms with van der Waals surface area (Å²) in [6.45, 7) is 7.26. The van der Waals surface area contributed by atoms with E-state index in [4.69, 9.17) is 9.47 Å². The van der Waals surface area contributed by atoms with Gasteiger partial charge in [0.2, 0.25) is 0 Å². The number of aryl methyl sites for hydroxylation is 1. The van der Waals surface area contributed by atoms with Crippen LogP contribution in [0.4, 0.5) is 16.2 Å². The second-order valence-corrected chi connectivity index (χ2v) is 6.87. The van der Waals surface area contributed by atoms with E-state index in [1.165, 1.54) is 7.11 Å². The van der Waals surface area contributed by atoms with E-state index in [1.807, 2.05) is 19.1 Å². The minimum atomic E-state index is -0.617. The van der Waals surface area contributed by atoms with E-state index in [9.17, 15) is 9.59 Å². The molecule has 0 bridgehead atoms. The Morgan fingerprint density at radius 2 is 1.73 bits per heavy atom. The molecule has 2 aromatic rings. The predicted molar refractivity (Wildman–Crippen MR) is 102 cm³/mol. The fourth-order valence-corrected chi connectivity index (χ4v) is 2.29. The predicted octanol–water partition coefficient (Wildman–Crippen LogP) is 4.60. The van der Waals surface area contributed by atoms with Crippen molar-refractivity contribution in [3.63, 3.8) is 0 Å². The van der Waals surface area contributed by atoms with Crippen molar-refractivity contribution >= 4 is 23.4 Å². The van der Waals surface area contributed by atoms with E-state index in [1.54, 1.807) is 51.1 Å². The van der Waals surface area contributed by atoms with Crippen molar-refractivity contribution in [2.75, 3.05) is 17.7 Å². The summed E-state index contributed by atoms with van der Waals surface area (Å²) < 4.78 is 10.5. The van der Waals surface area contributed by atoms with Crippen molar-refractivity contribution in [2.45, 2.75) is 33.3 Å². The fourth-order valence-electron chi connectivity index (χ4n) is 2.29. The lowest BCUT2D eigenvalue weighted by molar-refractivity contribution is 0.0635. The minimum absolute atomic E-state index is 0.234. The molecule has 6 nitrogen and oxygen atoms in total. The van der Waals surface area contributed by atoms with Crippen LogP contribution in [0.25, 0.3) is 0 Å². The first-order valence-corrected chi connectivity index (χ1v) is 8.24. The van der Waals surface area contributed by atoms with Gasteiger partial charge < -0.3 is 14.8 Å². The molecule has 0 radical (unpaired) electrons. The first kappa shape index (κ1) is 19.3. The number of nitrogens with one attached hydrogen (secondary N) is 2. The molecule has 0 fully saturated rings. The van der Waals surface area contributed by atoms with Crippen LogP contribution in [-0.2, 0) is 4.74 Å². The van der Waals surface area contributed by atoms with E-state index < -0.39 is 11.7 Å². The molecule has 0 aliphatic carbocycles. The van der Waals surface area contributed by atoms with E-state index >= 15 is 0 Å². The van der Waals surface area contributed by atoms with Crippen LogP contribution >= 0.6 is 0 Å². The van der Waals surface area contributed by atoms with E-state index in [0.717, 1.165) is 5.56 Å². The van der Waals surface area contributed by atoms with Crippen molar-refractivity contribution in [3.05, 3.63) is 53.6 Å². The summed E-state index contributed by atoms with van der Waals surface area (Å²) in [4.78, 5) is 24.4. The topological polar surface area (TPSA) is 76.7 Å². The number of hydrogen-bond acceptors (Lipinski definition) is 4. The monoisotopic (exact) mass is 356 g/mol. The van der Waals surface area contributed by atoms with Gasteiger partial charge in [-0.3, -0.25) is 10.1 Å². The molecule has 0 saturated heterocycles. The van der Waals surface area contributed by atoms with Gasteiger partial charge in [0.1, 0.15) is 11.4 Å². The summed E-state index contributed by atoms with van der Waals surface area (Å²) in [6.07, 6.45) is -0.599. The number of ether oxygens (including phenoxy) is 2. The van der Waals surface area contributed by atoms with Crippen molar-refractivity contribution in [1.29, 1.82) is 0 Å². The Labute approximate surface area is 153 Å². The number of anilines is 2. The molecule has 0 atom stereocenters. The lowest BCUT2D eigenvalue weighted by atomic mass is 10.1. The highest BCUT2D eigenvalue weighted by Crippen LogP contribution is 2.28. The number of benzene rings is 2. The molecule has 2 N–H and O–H groups in total. The molecule has 26 heavy (non-hydrogen) atoms. The van der Waals surface area contributed by atoms with E-state index in [2.05, 4.69) is 10.6 Å². The Kier molecular flexibility index (Phi) is 5.87. The largest absolute Gasteiger partial charge is 0.495 e. The summed E-state index contributed by atoms with van der Waals surface area (Å²) in [5, 5.41) is 5.46. The third kappa shape index (κ3) is 5.51. The van der Waals surface area contributed by atoms with Gasteiger partial charge in [0.15, 0.2) is 0 Å². The Morgan fingerprint density at radius 3 is 2.35 bits per heavy atom. The molecule has 0 aliphatic rings. The third-order valence-corrected chi connectivity index (χ3v) is 3.37. The standard InChI is InChI=1S/C20H24N2O4/c1-13-7-6-8-14(11-13)18(23)21-15-9-10-17(25-5)16(12-15)22-19(24)26-20(2,3)4/h6-12H,1-5H3,(H,21,23)(H,22,24). The molecule has 0 aromatic heterocycles. The van der Waals surface area contributed by atoms with Gasteiger partial charge in [-0.1, -0.05) is 17.7 Å². The number of carbonyl (C=O) groups is 2. The maximum Gasteiger partial charge on any atom is 0.412 e. The summed E-state index contributed by atoms with van der Waals surface area (Å²) in [5.74, 6) is 0.228. The van der Waals surface area contributed by atoms with E-state index in [0.29, 0.717) is 22.7 Å². The SMILES string of the molecule is COc1ccc(NC(=O)c2cccc(C)c2)cc1NC(=O)OC(C)(C)C. The minimum Gasteiger partial charge on any atom is -0.495 e. The summed E-state index contributed by atoms with van der Waals surface area (Å²) >= 11 is 0. The van der Waals surface area contributed by atoms with Crippen LogP contribution in [0.2, 0.25) is 0 Å². The number of amides is 2. The zero-order chi connectivity index (χ0) is 19.3. The van der Waals surface area contributed by atoms with Crippen molar-refractivity contribution in [3.8, 4) is 5.75 Å². The van der Waals surface area contributed by atoms with Gasteiger partial charge in [0.05, 0.1) is 12.8 Å². The Balaban J connectivity index is 2.18. The fraction of sp³-hybridized carbons (Fsp3) is 0.300. The van der Waals surface area contributed by atoms with Crippen LogP contribution in [-0.4, -0.2) is 24.7 Å². The van der Waals surface area contributed by atoms with Gasteiger partial charge >= 0.3 is 6.09 Å². The molecule has 2 aromatic carbocycles. The lowest BCUT2D eigenvalue weighted by Crippen LogP contribution is -2.27. The highest BCUT2D eigenvalue weighted by atomic mass is 16.6. The van der Waals surface area contributed by atoms with Gasteiger partial charge in [-0.15, -0.1) is 0 Å². The average Bonchev–Trinajstić information content (AvgIpc) is 2.53. The molecule has 6 heteroatoms. The molecular weight excluding hydrogens is 332 g/mol. The quantitative estimate of drug-likeness (QED) is 0.839. The normalized spacial score (nSPS) is 10.8. The molecule has 2 rings (SSSR count). The van der Waals surface area contributed by atoms with Crippen molar-refractivity contribution < 1.29 is 19.1 Å². The number of hydrogen-bond donors (Lipinski definition) is 2. The summed E-state index contributed by atoms with van der Waals surface area (Å²) in [5.41, 5.74) is 1.88. The molecular formula is C20H24N2O4. The van der Waals surface area contributed by atoms with Gasteiger partial charge in [0, 0.05) is 11.3 Å². The highest BCUT2D eigenvalue weighted by Gasteiger charge is 2.18. The maximum atomic E-state index is 12.4. The van der Waals surface area contributed by atoms with Crippen LogP contribution < -0.4 is 15.4 Å². The molecule has 0 aliphatic heterocycles. The van der Waals surface area contributed by atoms with Crippen molar-refractivity contribution in [2.24, 2.45) is 0 Å². The second-order valence-electron chi connectivity index (χ2n) is 6.87. The van der Waals surface area contributed by atoms with Gasteiger partial charge in [0.25, 0.3) is 5.91 Å². The third-order valence-electron chi connectivity index (χ3n) is 3.37. The molecule has 0 unspecified atom stereocenters. The zero-order valence-electron chi connectivity index (χ0n) is 15.7. The molecule has 138 valence electrons. The lowest BCUT2D eigenvalue weighted by Gasteiger charge is -2.20. The first-order valence-electron chi connectivity index (χ1n) is 8.24. The highest BCUT2D eigenvalue weighted by molar-refractivity contribution is 6.04. The smallest absolute Gasteiger partial charge is 0.412 e. The van der Waals surface area contributed by atoms with Crippen LogP contribution in [0.1, 0.15) is 36.7 Å². The van der Waals surface area contributed by atoms with Gasteiger partial charge in [-0.05, 0) is 58.0 Å². The van der Waals surface area contributed by atoms with Gasteiger partial charge in [-0.2, -0.15) is 0 Å². The Bertz CT molecular complexity index is 810. The van der Waals surface area contributed by atoms with Crippen LogP contribution in [0.5, 0.6) is 5.75 Å². The summed E-state index contributed by atoms with van der Waals surface area (Å²) in [6, 6.07) is 12.3.